The van der Waals surface area contributed by atoms with Gasteiger partial charge in [-0.3, -0.25) is 4.79 Å². The average Bonchev–Trinajstić information content (AvgIpc) is 3.46. The highest BCUT2D eigenvalue weighted by Crippen LogP contribution is 2.32. The summed E-state index contributed by atoms with van der Waals surface area (Å²) >= 11 is 7.07. The second-order valence-electron chi connectivity index (χ2n) is 9.32. The average molecular weight is 551 g/mol. The highest BCUT2D eigenvalue weighted by atomic mass is 32.1. The number of hydrogen-bond donors (Lipinski definition) is 2. The van der Waals surface area contributed by atoms with E-state index in [9.17, 15) is 9.59 Å². The second-order valence-corrected chi connectivity index (χ2v) is 10.6. The fourth-order valence-corrected chi connectivity index (χ4v) is 5.87. The molecule has 1 unspecified atom stereocenters. The summed E-state index contributed by atoms with van der Waals surface area (Å²) in [7, 11) is 1.38. The predicted molar refractivity (Wildman–Crippen MR) is 157 cm³/mol. The van der Waals surface area contributed by atoms with Crippen LogP contribution in [0.2, 0.25) is 0 Å². The molecular weight excluding hydrogens is 516 g/mol. The minimum Gasteiger partial charge on any atom is -0.467 e. The fourth-order valence-electron chi connectivity index (χ4n) is 4.57. The normalized spacial score (nSPS) is 14.6. The van der Waals surface area contributed by atoms with Crippen LogP contribution in [-0.4, -0.2) is 53.1 Å². The third kappa shape index (κ3) is 6.57. The van der Waals surface area contributed by atoms with E-state index in [4.69, 9.17) is 21.9 Å². The maximum atomic E-state index is 13.1. The first-order chi connectivity index (χ1) is 18.4. The van der Waals surface area contributed by atoms with Crippen molar-refractivity contribution in [2.75, 3.05) is 25.5 Å². The van der Waals surface area contributed by atoms with Crippen molar-refractivity contribution in [3.05, 3.63) is 70.2 Å². The smallest absolute Gasteiger partial charge is 0.328 e. The van der Waals surface area contributed by atoms with Crippen LogP contribution in [0.25, 0.3) is 11.1 Å². The van der Waals surface area contributed by atoms with E-state index >= 15 is 0 Å². The van der Waals surface area contributed by atoms with Crippen molar-refractivity contribution in [1.82, 2.24) is 15.2 Å². The van der Waals surface area contributed by atoms with Crippen molar-refractivity contribution >= 4 is 46.2 Å². The molecule has 0 spiro atoms. The summed E-state index contributed by atoms with van der Waals surface area (Å²) in [6.45, 7) is 5.58. The van der Waals surface area contributed by atoms with Gasteiger partial charge in [0.25, 0.3) is 5.91 Å². The lowest BCUT2D eigenvalue weighted by atomic mass is 9.98. The van der Waals surface area contributed by atoms with Crippen LogP contribution >= 0.6 is 23.6 Å². The molecule has 1 aliphatic rings. The van der Waals surface area contributed by atoms with Gasteiger partial charge in [0.05, 0.1) is 12.1 Å². The SMILES string of the molecule is CCc1ccc(-c2ccccc2NC(=O)c2csc(C3CCN(C(=S)NC(CC)C(=O)OC)CC3)n2)cc1. The number of anilines is 1. The summed E-state index contributed by atoms with van der Waals surface area (Å²) in [6, 6.07) is 15.8. The quantitative estimate of drug-likeness (QED) is 0.278. The number of hydrogen-bond acceptors (Lipinski definition) is 6. The molecule has 1 aliphatic heterocycles. The molecule has 9 heteroatoms. The Hall–Kier alpha value is -3.30. The Kier molecular flexibility index (Phi) is 9.47. The van der Waals surface area contributed by atoms with E-state index in [-0.39, 0.29) is 17.8 Å². The summed E-state index contributed by atoms with van der Waals surface area (Å²) in [4.78, 5) is 31.8. The van der Waals surface area contributed by atoms with Crippen LogP contribution in [0.4, 0.5) is 5.69 Å². The molecule has 1 saturated heterocycles. The number of piperidine rings is 1. The second kappa shape index (κ2) is 13.0. The first-order valence-electron chi connectivity index (χ1n) is 13.0. The number of nitrogens with one attached hydrogen (secondary N) is 2. The molecule has 0 bridgehead atoms. The summed E-state index contributed by atoms with van der Waals surface area (Å²) in [5.41, 5.74) is 4.52. The van der Waals surface area contributed by atoms with Crippen molar-refractivity contribution in [3.8, 4) is 11.1 Å². The Morgan fingerprint density at radius 1 is 1.13 bits per heavy atom. The number of thiazole rings is 1. The van der Waals surface area contributed by atoms with Gasteiger partial charge in [-0.05, 0) is 55.1 Å². The van der Waals surface area contributed by atoms with Crippen molar-refractivity contribution in [2.24, 2.45) is 0 Å². The molecular formula is C29H34N4O3S2. The summed E-state index contributed by atoms with van der Waals surface area (Å²) < 4.78 is 4.84. The van der Waals surface area contributed by atoms with Crippen LogP contribution in [0.15, 0.2) is 53.9 Å². The monoisotopic (exact) mass is 550 g/mol. The molecule has 2 heterocycles. The van der Waals surface area contributed by atoms with Crippen LogP contribution < -0.4 is 10.6 Å². The van der Waals surface area contributed by atoms with Crippen LogP contribution in [-0.2, 0) is 16.0 Å². The Morgan fingerprint density at radius 2 is 1.84 bits per heavy atom. The molecule has 4 rings (SSSR count). The molecule has 1 amide bonds. The number of aromatic nitrogens is 1. The van der Waals surface area contributed by atoms with Crippen molar-refractivity contribution in [1.29, 1.82) is 0 Å². The van der Waals surface area contributed by atoms with E-state index in [2.05, 4.69) is 46.7 Å². The van der Waals surface area contributed by atoms with Crippen LogP contribution in [0.5, 0.6) is 0 Å². The molecule has 0 aliphatic carbocycles. The molecule has 0 radical (unpaired) electrons. The molecule has 38 heavy (non-hydrogen) atoms. The minimum atomic E-state index is -0.439. The molecule has 2 N–H and O–H groups in total. The standard InChI is InChI=1S/C29H34N4O3S2/c1-4-19-10-12-20(13-11-19)22-8-6-7-9-24(22)30-26(34)25-18-38-27(31-25)21-14-16-33(17-15-21)29(37)32-23(5-2)28(35)36-3/h6-13,18,21,23H,4-5,14-17H2,1-3H3,(H,30,34)(H,32,37). The third-order valence-corrected chi connectivity index (χ3v) is 8.31. The molecule has 3 aromatic rings. The molecule has 200 valence electrons. The van der Waals surface area contributed by atoms with E-state index in [0.29, 0.717) is 17.2 Å². The van der Waals surface area contributed by atoms with Gasteiger partial charge in [0.2, 0.25) is 0 Å². The van der Waals surface area contributed by atoms with Crippen LogP contribution in [0.1, 0.15) is 60.1 Å². The minimum absolute atomic E-state index is 0.207. The number of benzene rings is 2. The number of ether oxygens (including phenoxy) is 1. The van der Waals surface area contributed by atoms with Crippen molar-refractivity contribution < 1.29 is 14.3 Å². The first-order valence-corrected chi connectivity index (χ1v) is 14.3. The maximum Gasteiger partial charge on any atom is 0.328 e. The Bertz CT molecular complexity index is 1270. The highest BCUT2D eigenvalue weighted by molar-refractivity contribution is 7.80. The molecule has 7 nitrogen and oxygen atoms in total. The summed E-state index contributed by atoms with van der Waals surface area (Å²) in [6.07, 6.45) is 3.34. The largest absolute Gasteiger partial charge is 0.467 e. The van der Waals surface area contributed by atoms with Crippen LogP contribution in [0, 0.1) is 0 Å². The van der Waals surface area contributed by atoms with Gasteiger partial charge in [-0.2, -0.15) is 0 Å². The third-order valence-electron chi connectivity index (χ3n) is 6.93. The number of nitrogens with zero attached hydrogens (tertiary/aromatic N) is 2. The van der Waals surface area contributed by atoms with Gasteiger partial charge in [0.1, 0.15) is 11.7 Å². The van der Waals surface area contributed by atoms with E-state index in [1.165, 1.54) is 24.0 Å². The lowest BCUT2D eigenvalue weighted by Gasteiger charge is -2.34. The number of amides is 1. The number of esters is 1. The Labute approximate surface area is 233 Å². The number of carbonyl (C=O) groups is 2. The lowest BCUT2D eigenvalue weighted by Crippen LogP contribution is -2.49. The first kappa shape index (κ1) is 27.7. The van der Waals surface area contributed by atoms with E-state index < -0.39 is 6.04 Å². The summed E-state index contributed by atoms with van der Waals surface area (Å²) in [5.74, 6) is -0.246. The van der Waals surface area contributed by atoms with Gasteiger partial charge >= 0.3 is 5.97 Å². The number of thiocarbonyl (C=S) groups is 1. The zero-order valence-corrected chi connectivity index (χ0v) is 23.7. The number of carbonyl (C=O) groups excluding carboxylic acids is 2. The molecule has 1 fully saturated rings. The number of methoxy groups -OCH3 is 1. The van der Waals surface area contributed by atoms with Crippen LogP contribution in [0.3, 0.4) is 0 Å². The maximum absolute atomic E-state index is 13.1. The number of rotatable bonds is 8. The zero-order valence-electron chi connectivity index (χ0n) is 22.0. The van der Waals surface area contributed by atoms with Gasteiger partial charge in [-0.25, -0.2) is 9.78 Å². The van der Waals surface area contributed by atoms with E-state index in [1.54, 1.807) is 0 Å². The zero-order chi connectivity index (χ0) is 27.1. The van der Waals surface area contributed by atoms with Gasteiger partial charge in [0.15, 0.2) is 5.11 Å². The predicted octanol–water partition coefficient (Wildman–Crippen LogP) is 5.63. The molecule has 0 saturated carbocycles. The van der Waals surface area contributed by atoms with Crippen molar-refractivity contribution in [2.45, 2.75) is 51.5 Å². The van der Waals surface area contributed by atoms with Crippen molar-refractivity contribution in [3.63, 3.8) is 0 Å². The van der Waals surface area contributed by atoms with E-state index in [1.807, 2.05) is 36.6 Å². The number of aryl methyl sites for hydroxylation is 1. The van der Waals surface area contributed by atoms with Gasteiger partial charge in [-0.15, -0.1) is 11.3 Å². The fraction of sp³-hybridized carbons (Fsp3) is 0.379. The Morgan fingerprint density at radius 3 is 2.50 bits per heavy atom. The van der Waals surface area contributed by atoms with Gasteiger partial charge in [0, 0.05) is 35.6 Å². The topological polar surface area (TPSA) is 83.6 Å². The molecule has 1 atom stereocenters. The summed E-state index contributed by atoms with van der Waals surface area (Å²) in [5, 5.41) is 9.57. The lowest BCUT2D eigenvalue weighted by molar-refractivity contribution is -0.142. The molecule has 1 aromatic heterocycles. The number of likely N-dealkylation sites (tertiary alicyclic amines) is 1. The van der Waals surface area contributed by atoms with Gasteiger partial charge < -0.3 is 20.3 Å². The Balaban J connectivity index is 1.36. The van der Waals surface area contributed by atoms with Gasteiger partial charge in [-0.1, -0.05) is 56.3 Å². The number of para-hydroxylation sites is 1. The van der Waals surface area contributed by atoms with E-state index in [0.717, 1.165) is 54.2 Å². The molecule has 2 aromatic carbocycles. The highest BCUT2D eigenvalue weighted by Gasteiger charge is 2.27.